The van der Waals surface area contributed by atoms with Crippen LogP contribution in [0.5, 0.6) is 5.75 Å². The molecule has 0 aromatic heterocycles. The Bertz CT molecular complexity index is 2510. The van der Waals surface area contributed by atoms with Crippen molar-refractivity contribution in [3.63, 3.8) is 0 Å². The van der Waals surface area contributed by atoms with Crippen molar-refractivity contribution in [3.05, 3.63) is 144 Å². The normalized spacial score (nSPS) is 21.8. The van der Waals surface area contributed by atoms with E-state index in [-0.39, 0.29) is 56.2 Å². The number of cyclic esters (lactones) is 1. The molecule has 66 heavy (non-hydrogen) atoms. The van der Waals surface area contributed by atoms with Gasteiger partial charge in [0.25, 0.3) is 0 Å². The van der Waals surface area contributed by atoms with Crippen molar-refractivity contribution in [2.24, 2.45) is 11.8 Å². The van der Waals surface area contributed by atoms with Crippen molar-refractivity contribution in [1.82, 2.24) is 10.2 Å². The van der Waals surface area contributed by atoms with E-state index in [2.05, 4.69) is 23.7 Å². The van der Waals surface area contributed by atoms with Crippen LogP contribution in [0.3, 0.4) is 0 Å². The molecule has 3 heterocycles. The van der Waals surface area contributed by atoms with E-state index in [0.717, 1.165) is 19.1 Å². The van der Waals surface area contributed by atoms with Gasteiger partial charge in [0.1, 0.15) is 36.5 Å². The van der Waals surface area contributed by atoms with Gasteiger partial charge in [-0.15, -0.1) is 6.58 Å². The van der Waals surface area contributed by atoms with Crippen LogP contribution < -0.4 is 15.0 Å². The molecule has 2 fully saturated rings. The van der Waals surface area contributed by atoms with Gasteiger partial charge in [0.15, 0.2) is 5.92 Å². The average molecular weight is 900 g/mol. The van der Waals surface area contributed by atoms with Crippen LogP contribution in [0.15, 0.2) is 116 Å². The zero-order valence-electron chi connectivity index (χ0n) is 36.5. The van der Waals surface area contributed by atoms with Crippen molar-refractivity contribution >= 4 is 41.5 Å². The van der Waals surface area contributed by atoms with Crippen LogP contribution in [0, 0.1) is 23.7 Å². The third-order valence-electron chi connectivity index (χ3n) is 11.9. The number of ether oxygens (including phenoxy) is 6. The van der Waals surface area contributed by atoms with Gasteiger partial charge in [-0.3, -0.25) is 28.9 Å². The number of hydrogen-bond donors (Lipinski definition) is 2. The lowest BCUT2D eigenvalue weighted by molar-refractivity contribution is -0.178. The molecule has 16 nitrogen and oxygen atoms in total. The minimum absolute atomic E-state index is 0.00294. The standard InChI is InChI=1S/C50H49N3O13/c1-5-25-51-44(55)39-41-47(58)66-42(33-16-10-7-11-17-33)40(32-14-8-6-9-15-32)53(41)43(34-20-22-35(23-21-34)64-27-26-54)50(39)37-30-31(13-12-18-36(45(56)62-3)46(57)63-4)19-24-38(37)52(48(50)59)49(60)65-29-28-61-2/h5-11,14-17,19-24,30,36,39-43,54H,1,18,25-29H2,2-4H3,(H,51,55)/t39-,40-,41-,42+,43+,50-/m0/s1. The van der Waals surface area contributed by atoms with Gasteiger partial charge >= 0.3 is 24.0 Å². The van der Waals surface area contributed by atoms with Crippen LogP contribution in [0.4, 0.5) is 10.5 Å². The number of carbonyl (C=O) groups excluding carboxylic acids is 6. The third kappa shape index (κ3) is 8.63. The maximum Gasteiger partial charge on any atom is 0.421 e. The molecule has 2 N–H and O–H groups in total. The van der Waals surface area contributed by atoms with Gasteiger partial charge in [-0.2, -0.15) is 0 Å². The summed E-state index contributed by atoms with van der Waals surface area (Å²) in [6.45, 7) is 3.29. The fourth-order valence-electron chi connectivity index (χ4n) is 9.24. The van der Waals surface area contributed by atoms with E-state index >= 15 is 14.4 Å². The average Bonchev–Trinajstić information content (AvgIpc) is 3.80. The fourth-order valence-corrected chi connectivity index (χ4v) is 9.24. The lowest BCUT2D eigenvalue weighted by Crippen LogP contribution is -2.55. The SMILES string of the molecule is C=CCNC(=O)[C@@H]1[C@H]2C(=O)O[C@H](c3ccccc3)[C@H](c3ccccc3)N2[C@H](c2ccc(OCCO)cc2)[C@@]12C(=O)N(C(=O)OCCOC)c1ccc(C#CCC(C(=O)OC)C(=O)OC)cc12. The Labute approximate surface area is 381 Å². The van der Waals surface area contributed by atoms with E-state index in [4.69, 9.17) is 28.4 Å². The van der Waals surface area contributed by atoms with Crippen LogP contribution in [-0.4, -0.2) is 106 Å². The Balaban J connectivity index is 1.55. The summed E-state index contributed by atoms with van der Waals surface area (Å²) in [6, 6.07) is 26.3. The van der Waals surface area contributed by atoms with Gasteiger partial charge in [-0.25, -0.2) is 9.69 Å². The molecule has 0 saturated carbocycles. The molecular formula is C50H49N3O13. The molecule has 4 aromatic rings. The zero-order valence-corrected chi connectivity index (χ0v) is 36.5. The van der Waals surface area contributed by atoms with Crippen LogP contribution in [-0.2, 0) is 53.1 Å². The number of esters is 3. The summed E-state index contributed by atoms with van der Waals surface area (Å²) in [6.07, 6.45) is -0.844. The van der Waals surface area contributed by atoms with Gasteiger partial charge in [0, 0.05) is 25.6 Å². The first-order valence-corrected chi connectivity index (χ1v) is 21.2. The van der Waals surface area contributed by atoms with Crippen molar-refractivity contribution in [2.75, 3.05) is 59.2 Å². The van der Waals surface area contributed by atoms with E-state index in [0.29, 0.717) is 22.4 Å². The van der Waals surface area contributed by atoms with Crippen LogP contribution >= 0.6 is 0 Å². The summed E-state index contributed by atoms with van der Waals surface area (Å²) in [5.74, 6) is -0.770. The molecular weight excluding hydrogens is 851 g/mol. The predicted molar refractivity (Wildman–Crippen MR) is 236 cm³/mol. The molecule has 7 rings (SSSR count). The molecule has 0 unspecified atom stereocenters. The van der Waals surface area contributed by atoms with Crippen molar-refractivity contribution in [2.45, 2.75) is 36.1 Å². The second-order valence-corrected chi connectivity index (χ2v) is 15.5. The number of aliphatic hydroxyl groups excluding tert-OH is 1. The van der Waals surface area contributed by atoms with E-state index in [1.807, 2.05) is 65.6 Å². The molecule has 3 aliphatic heterocycles. The number of nitrogens with one attached hydrogen (secondary N) is 1. The molecule has 4 aromatic carbocycles. The maximum atomic E-state index is 16.1. The van der Waals surface area contributed by atoms with E-state index in [1.165, 1.54) is 19.3 Å². The summed E-state index contributed by atoms with van der Waals surface area (Å²) < 4.78 is 32.6. The highest BCUT2D eigenvalue weighted by Gasteiger charge is 2.75. The van der Waals surface area contributed by atoms with Crippen molar-refractivity contribution in [1.29, 1.82) is 0 Å². The van der Waals surface area contributed by atoms with Crippen LogP contribution in [0.2, 0.25) is 0 Å². The number of rotatable bonds is 15. The molecule has 2 saturated heterocycles. The van der Waals surface area contributed by atoms with Crippen LogP contribution in [0.25, 0.3) is 0 Å². The Hall–Kier alpha value is -7.32. The molecule has 342 valence electrons. The van der Waals surface area contributed by atoms with Gasteiger partial charge in [-0.1, -0.05) is 90.7 Å². The van der Waals surface area contributed by atoms with Crippen molar-refractivity contribution < 1.29 is 62.3 Å². The summed E-state index contributed by atoms with van der Waals surface area (Å²) in [5, 5.41) is 12.4. The third-order valence-corrected chi connectivity index (χ3v) is 11.9. The number of methoxy groups -OCH3 is 3. The van der Waals surface area contributed by atoms with Gasteiger partial charge < -0.3 is 38.8 Å². The number of aliphatic hydroxyl groups is 1. The summed E-state index contributed by atoms with van der Waals surface area (Å²) >= 11 is 0. The van der Waals surface area contributed by atoms with Gasteiger partial charge in [0.05, 0.1) is 51.1 Å². The largest absolute Gasteiger partial charge is 0.491 e. The quantitative estimate of drug-likeness (QED) is 0.0422. The highest BCUT2D eigenvalue weighted by Crippen LogP contribution is 2.66. The number of morpholine rings is 1. The molecule has 0 radical (unpaired) electrons. The summed E-state index contributed by atoms with van der Waals surface area (Å²) in [5.41, 5.74) is 0.191. The number of anilines is 1. The Morgan fingerprint density at radius 3 is 2.14 bits per heavy atom. The Morgan fingerprint density at radius 2 is 1.52 bits per heavy atom. The first-order chi connectivity index (χ1) is 32.1. The maximum absolute atomic E-state index is 16.1. The molecule has 16 heteroatoms. The first kappa shape index (κ1) is 46.7. The fraction of sp³-hybridized carbons (Fsp3) is 0.320. The molecule has 0 bridgehead atoms. The number of nitrogens with zero attached hydrogens (tertiary/aromatic N) is 2. The van der Waals surface area contributed by atoms with Crippen molar-refractivity contribution in [3.8, 4) is 17.6 Å². The second kappa shape index (κ2) is 20.7. The molecule has 1 spiro atoms. The zero-order chi connectivity index (χ0) is 47.0. The van der Waals surface area contributed by atoms with Gasteiger partial charge in [-0.05, 0) is 52.6 Å². The smallest absolute Gasteiger partial charge is 0.421 e. The Morgan fingerprint density at radius 1 is 0.848 bits per heavy atom. The van der Waals surface area contributed by atoms with E-state index in [1.54, 1.807) is 36.4 Å². The molecule has 3 amide bonds. The molecule has 0 aliphatic carbocycles. The number of hydrogen-bond acceptors (Lipinski definition) is 14. The Kier molecular flexibility index (Phi) is 14.6. The van der Waals surface area contributed by atoms with Crippen LogP contribution in [0.1, 0.15) is 52.4 Å². The monoisotopic (exact) mass is 899 g/mol. The number of fused-ring (bicyclic) bond motifs is 3. The highest BCUT2D eigenvalue weighted by atomic mass is 16.6. The molecule has 6 atom stereocenters. The molecule has 3 aliphatic rings. The number of carbonyl (C=O) groups is 6. The van der Waals surface area contributed by atoms with Gasteiger partial charge in [0.2, 0.25) is 11.8 Å². The first-order valence-electron chi connectivity index (χ1n) is 21.2. The van der Waals surface area contributed by atoms with E-state index < -0.39 is 77.3 Å². The highest BCUT2D eigenvalue weighted by molar-refractivity contribution is 6.23. The van der Waals surface area contributed by atoms with E-state index in [9.17, 15) is 19.5 Å². The number of benzene rings is 4. The summed E-state index contributed by atoms with van der Waals surface area (Å²) in [4.78, 5) is 88.6. The minimum atomic E-state index is -2.12. The number of imide groups is 1. The lowest BCUT2D eigenvalue weighted by Gasteiger charge is -2.46. The minimum Gasteiger partial charge on any atom is -0.491 e. The number of amides is 3. The summed E-state index contributed by atoms with van der Waals surface area (Å²) in [7, 11) is 3.70. The second-order valence-electron chi connectivity index (χ2n) is 15.5. The topological polar surface area (TPSA) is 197 Å². The lowest BCUT2D eigenvalue weighted by atomic mass is 9.65. The predicted octanol–water partition coefficient (Wildman–Crippen LogP) is 4.51.